The van der Waals surface area contributed by atoms with E-state index in [1.54, 1.807) is 0 Å². The number of urea groups is 1. The molecular weight excluding hydrogens is 244 g/mol. The summed E-state index contributed by atoms with van der Waals surface area (Å²) in [6, 6.07) is -1.13. The van der Waals surface area contributed by atoms with Crippen LogP contribution in [0.4, 0.5) is 4.79 Å². The van der Waals surface area contributed by atoms with Gasteiger partial charge in [-0.3, -0.25) is 0 Å². The molecule has 1 saturated carbocycles. The lowest BCUT2D eigenvalue weighted by molar-refractivity contribution is -0.139. The first-order valence-corrected chi connectivity index (χ1v) is 7.40. The fourth-order valence-electron chi connectivity index (χ4n) is 2.56. The molecule has 0 aromatic rings. The lowest BCUT2D eigenvalue weighted by Gasteiger charge is -2.15. The second kappa shape index (κ2) is 8.77. The van der Waals surface area contributed by atoms with Crippen LogP contribution in [0.15, 0.2) is 0 Å². The minimum Gasteiger partial charge on any atom is -0.480 e. The summed E-state index contributed by atoms with van der Waals surface area (Å²) >= 11 is 0. The van der Waals surface area contributed by atoms with Gasteiger partial charge in [0.25, 0.3) is 0 Å². The van der Waals surface area contributed by atoms with Gasteiger partial charge >= 0.3 is 12.0 Å². The number of carbonyl (C=O) groups excluding carboxylic acids is 1. The van der Waals surface area contributed by atoms with Gasteiger partial charge in [-0.1, -0.05) is 45.4 Å². The molecule has 5 nitrogen and oxygen atoms in total. The van der Waals surface area contributed by atoms with Crippen LogP contribution in [0.25, 0.3) is 0 Å². The number of carbonyl (C=O) groups is 2. The molecule has 0 radical (unpaired) electrons. The summed E-state index contributed by atoms with van der Waals surface area (Å²) in [5, 5.41) is 14.3. The summed E-state index contributed by atoms with van der Waals surface area (Å²) < 4.78 is 0. The Bertz CT molecular complexity index is 288. The van der Waals surface area contributed by atoms with Gasteiger partial charge in [-0.05, 0) is 18.8 Å². The minimum atomic E-state index is -0.959. The number of hydrogen-bond acceptors (Lipinski definition) is 2. The van der Waals surface area contributed by atoms with E-state index in [1.165, 1.54) is 25.7 Å². The topological polar surface area (TPSA) is 78.4 Å². The molecule has 0 aromatic heterocycles. The van der Waals surface area contributed by atoms with Gasteiger partial charge in [-0.25, -0.2) is 9.59 Å². The summed E-state index contributed by atoms with van der Waals surface area (Å²) in [5.74, 6) is -0.227. The van der Waals surface area contributed by atoms with Crippen LogP contribution >= 0.6 is 0 Å². The van der Waals surface area contributed by atoms with Crippen LogP contribution in [-0.4, -0.2) is 29.7 Å². The maximum absolute atomic E-state index is 11.6. The highest BCUT2D eigenvalue weighted by Crippen LogP contribution is 2.26. The second-order valence-corrected chi connectivity index (χ2v) is 5.37. The largest absolute Gasteiger partial charge is 0.480 e. The molecule has 1 aliphatic carbocycles. The predicted octanol–water partition coefficient (Wildman–Crippen LogP) is 2.51. The van der Waals surface area contributed by atoms with Crippen LogP contribution in [0.3, 0.4) is 0 Å². The Labute approximate surface area is 115 Å². The van der Waals surface area contributed by atoms with Crippen LogP contribution in [0, 0.1) is 5.92 Å². The fraction of sp³-hybridized carbons (Fsp3) is 0.857. The van der Waals surface area contributed by atoms with E-state index in [1.807, 2.05) is 6.92 Å². The van der Waals surface area contributed by atoms with Crippen molar-refractivity contribution in [2.24, 2.45) is 5.92 Å². The molecule has 1 rings (SSSR count). The van der Waals surface area contributed by atoms with Gasteiger partial charge in [0.05, 0.1) is 0 Å². The van der Waals surface area contributed by atoms with Crippen LogP contribution < -0.4 is 10.6 Å². The smallest absolute Gasteiger partial charge is 0.326 e. The third kappa shape index (κ3) is 6.45. The van der Waals surface area contributed by atoms with E-state index in [2.05, 4.69) is 10.6 Å². The van der Waals surface area contributed by atoms with Crippen LogP contribution in [0.2, 0.25) is 0 Å². The van der Waals surface area contributed by atoms with Gasteiger partial charge in [-0.2, -0.15) is 0 Å². The lowest BCUT2D eigenvalue weighted by Crippen LogP contribution is -2.46. The highest BCUT2D eigenvalue weighted by molar-refractivity contribution is 5.82. The van der Waals surface area contributed by atoms with E-state index < -0.39 is 12.0 Å². The Hall–Kier alpha value is -1.26. The average molecular weight is 270 g/mol. The summed E-state index contributed by atoms with van der Waals surface area (Å²) in [7, 11) is 0. The Morgan fingerprint density at radius 2 is 2.00 bits per heavy atom. The number of aliphatic carboxylic acids is 1. The zero-order valence-corrected chi connectivity index (χ0v) is 11.8. The quantitative estimate of drug-likeness (QED) is 0.634. The molecule has 2 amide bonds. The molecule has 1 fully saturated rings. The van der Waals surface area contributed by atoms with Crippen molar-refractivity contribution in [3.8, 4) is 0 Å². The number of amides is 2. The first-order chi connectivity index (χ1) is 9.13. The maximum atomic E-state index is 11.6. The number of nitrogens with one attached hydrogen (secondary N) is 2. The van der Waals surface area contributed by atoms with Crippen LogP contribution in [-0.2, 0) is 4.79 Å². The summed E-state index contributed by atoms with van der Waals surface area (Å²) in [6.07, 6.45) is 8.34. The second-order valence-electron chi connectivity index (χ2n) is 5.37. The van der Waals surface area contributed by atoms with E-state index in [0.717, 1.165) is 25.2 Å². The summed E-state index contributed by atoms with van der Waals surface area (Å²) in [5.41, 5.74) is 0. The van der Waals surface area contributed by atoms with E-state index in [-0.39, 0.29) is 6.03 Å². The number of carboxylic acids is 1. The third-order valence-corrected chi connectivity index (χ3v) is 3.76. The zero-order valence-electron chi connectivity index (χ0n) is 11.8. The molecule has 1 aliphatic rings. The van der Waals surface area contributed by atoms with Gasteiger partial charge in [0.15, 0.2) is 0 Å². The highest BCUT2D eigenvalue weighted by Gasteiger charge is 2.19. The van der Waals surface area contributed by atoms with Crippen molar-refractivity contribution in [2.45, 2.75) is 64.3 Å². The maximum Gasteiger partial charge on any atom is 0.326 e. The molecule has 110 valence electrons. The van der Waals surface area contributed by atoms with Crippen molar-refractivity contribution in [1.82, 2.24) is 10.6 Å². The SMILES string of the molecule is CCCC[C@H](NC(=O)NCCC1CCCC1)C(=O)O. The number of rotatable bonds is 8. The van der Waals surface area contributed by atoms with Crippen LogP contribution in [0.5, 0.6) is 0 Å². The van der Waals surface area contributed by atoms with Crippen molar-refractivity contribution in [3.63, 3.8) is 0 Å². The monoisotopic (exact) mass is 270 g/mol. The molecule has 0 spiro atoms. The molecule has 5 heteroatoms. The first kappa shape index (κ1) is 15.8. The molecule has 0 heterocycles. The molecule has 0 aromatic carbocycles. The first-order valence-electron chi connectivity index (χ1n) is 7.40. The Balaban J connectivity index is 2.17. The average Bonchev–Trinajstić information content (AvgIpc) is 2.87. The van der Waals surface area contributed by atoms with Crippen molar-refractivity contribution in [2.75, 3.05) is 6.54 Å². The van der Waals surface area contributed by atoms with E-state index in [9.17, 15) is 9.59 Å². The standard InChI is InChI=1S/C14H26N2O3/c1-2-3-8-12(13(17)18)16-14(19)15-10-9-11-6-4-5-7-11/h11-12H,2-10H2,1H3,(H,17,18)(H2,15,16,19)/t12-/m0/s1. The fourth-order valence-corrected chi connectivity index (χ4v) is 2.56. The highest BCUT2D eigenvalue weighted by atomic mass is 16.4. The lowest BCUT2D eigenvalue weighted by atomic mass is 10.0. The predicted molar refractivity (Wildman–Crippen MR) is 74.1 cm³/mol. The minimum absolute atomic E-state index is 0.360. The third-order valence-electron chi connectivity index (χ3n) is 3.76. The molecule has 1 atom stereocenters. The van der Waals surface area contributed by atoms with Gasteiger partial charge in [0, 0.05) is 6.54 Å². The van der Waals surface area contributed by atoms with E-state index in [4.69, 9.17) is 5.11 Å². The number of unbranched alkanes of at least 4 members (excludes halogenated alkanes) is 1. The molecule has 19 heavy (non-hydrogen) atoms. The molecule has 0 unspecified atom stereocenters. The summed E-state index contributed by atoms with van der Waals surface area (Å²) in [4.78, 5) is 22.6. The molecule has 0 saturated heterocycles. The Morgan fingerprint density at radius 1 is 1.32 bits per heavy atom. The number of carboxylic acid groups (broad SMARTS) is 1. The van der Waals surface area contributed by atoms with Gasteiger partial charge in [-0.15, -0.1) is 0 Å². The molecule has 0 aliphatic heterocycles. The Morgan fingerprint density at radius 3 is 2.58 bits per heavy atom. The van der Waals surface area contributed by atoms with Gasteiger partial charge < -0.3 is 15.7 Å². The van der Waals surface area contributed by atoms with Crippen molar-refractivity contribution in [3.05, 3.63) is 0 Å². The van der Waals surface area contributed by atoms with Crippen molar-refractivity contribution in [1.29, 1.82) is 0 Å². The van der Waals surface area contributed by atoms with Crippen molar-refractivity contribution < 1.29 is 14.7 Å². The zero-order chi connectivity index (χ0) is 14.1. The van der Waals surface area contributed by atoms with E-state index in [0.29, 0.717) is 13.0 Å². The molecule has 3 N–H and O–H groups in total. The van der Waals surface area contributed by atoms with Gasteiger partial charge in [0.2, 0.25) is 0 Å². The normalized spacial score (nSPS) is 17.1. The molecular formula is C14H26N2O3. The van der Waals surface area contributed by atoms with Gasteiger partial charge in [0.1, 0.15) is 6.04 Å². The number of hydrogen-bond donors (Lipinski definition) is 3. The van der Waals surface area contributed by atoms with Crippen molar-refractivity contribution >= 4 is 12.0 Å². The van der Waals surface area contributed by atoms with E-state index >= 15 is 0 Å². The summed E-state index contributed by atoms with van der Waals surface area (Å²) in [6.45, 7) is 2.64. The molecule has 0 bridgehead atoms. The van der Waals surface area contributed by atoms with Crippen LogP contribution in [0.1, 0.15) is 58.3 Å². The Kier molecular flexibility index (Phi) is 7.30.